The van der Waals surface area contributed by atoms with Crippen LogP contribution in [0.1, 0.15) is 90.2 Å². The third kappa shape index (κ3) is 8.24. The standard InChI is InChI=1S/C29H44N2S/c1-5-9-21-30(22-10-6-2)27-17-13-25(14-18-27)29(32)26-15-19-28(20-16-26)31(23-11-7-3)24-12-8-4/h13-20H,5-12,21-24H2,1-4H3. The van der Waals surface area contributed by atoms with Gasteiger partial charge in [-0.1, -0.05) is 89.9 Å². The van der Waals surface area contributed by atoms with Crippen molar-refractivity contribution in [3.63, 3.8) is 0 Å². The zero-order valence-electron chi connectivity index (χ0n) is 20.9. The first kappa shape index (κ1) is 26.4. The van der Waals surface area contributed by atoms with Crippen molar-refractivity contribution >= 4 is 28.5 Å². The number of benzene rings is 2. The van der Waals surface area contributed by atoms with Crippen LogP contribution >= 0.6 is 12.2 Å². The van der Waals surface area contributed by atoms with E-state index in [4.69, 9.17) is 12.2 Å². The summed E-state index contributed by atoms with van der Waals surface area (Å²) < 4.78 is 0. The minimum atomic E-state index is 0.936. The fourth-order valence-corrected chi connectivity index (χ4v) is 4.22. The fraction of sp³-hybridized carbons (Fsp3) is 0.552. The zero-order valence-corrected chi connectivity index (χ0v) is 21.7. The average molecular weight is 453 g/mol. The summed E-state index contributed by atoms with van der Waals surface area (Å²) in [5.41, 5.74) is 4.90. The molecule has 0 bridgehead atoms. The number of thiocarbonyl (C=S) groups is 1. The number of unbranched alkanes of at least 4 members (excludes halogenated alkanes) is 4. The maximum Gasteiger partial charge on any atom is 0.0521 e. The fourth-order valence-electron chi connectivity index (χ4n) is 3.95. The van der Waals surface area contributed by atoms with Gasteiger partial charge in [0.1, 0.15) is 0 Å². The molecule has 0 spiro atoms. The van der Waals surface area contributed by atoms with E-state index in [1.54, 1.807) is 0 Å². The summed E-state index contributed by atoms with van der Waals surface area (Å²) in [6.07, 6.45) is 9.88. The molecule has 2 rings (SSSR count). The van der Waals surface area contributed by atoms with E-state index in [0.717, 1.165) is 42.2 Å². The van der Waals surface area contributed by atoms with Crippen LogP contribution in [0.3, 0.4) is 0 Å². The van der Waals surface area contributed by atoms with Crippen LogP contribution in [0, 0.1) is 0 Å². The molecule has 2 aromatic rings. The molecule has 0 heterocycles. The summed E-state index contributed by atoms with van der Waals surface area (Å²) in [6, 6.07) is 17.8. The molecule has 0 aliphatic carbocycles. The van der Waals surface area contributed by atoms with Crippen LogP contribution in [-0.2, 0) is 0 Å². The van der Waals surface area contributed by atoms with Gasteiger partial charge in [0.2, 0.25) is 0 Å². The molecule has 0 aliphatic heterocycles. The van der Waals surface area contributed by atoms with Gasteiger partial charge in [0.25, 0.3) is 0 Å². The largest absolute Gasteiger partial charge is 0.372 e. The Hall–Kier alpha value is -1.87. The van der Waals surface area contributed by atoms with E-state index in [2.05, 4.69) is 86.0 Å². The first-order valence-electron chi connectivity index (χ1n) is 12.9. The van der Waals surface area contributed by atoms with Gasteiger partial charge in [-0.05, 0) is 61.1 Å². The molecule has 0 atom stereocenters. The third-order valence-corrected chi connectivity index (χ3v) is 6.59. The molecule has 32 heavy (non-hydrogen) atoms. The second-order valence-electron chi connectivity index (χ2n) is 8.81. The van der Waals surface area contributed by atoms with E-state index in [1.165, 1.54) is 62.7 Å². The number of hydrogen-bond donors (Lipinski definition) is 0. The van der Waals surface area contributed by atoms with Crippen molar-refractivity contribution in [3.05, 3.63) is 59.7 Å². The molecule has 0 saturated heterocycles. The quantitative estimate of drug-likeness (QED) is 0.187. The van der Waals surface area contributed by atoms with Crippen molar-refractivity contribution in [3.8, 4) is 0 Å². The highest BCUT2D eigenvalue weighted by atomic mass is 32.1. The lowest BCUT2D eigenvalue weighted by Gasteiger charge is -2.25. The monoisotopic (exact) mass is 452 g/mol. The molecule has 176 valence electrons. The minimum Gasteiger partial charge on any atom is -0.372 e. The maximum absolute atomic E-state index is 5.86. The molecule has 0 unspecified atom stereocenters. The molecular formula is C29H44N2S. The maximum atomic E-state index is 5.86. The second kappa shape index (κ2) is 15.1. The minimum absolute atomic E-state index is 0.936. The molecule has 3 heteroatoms. The highest BCUT2D eigenvalue weighted by Crippen LogP contribution is 2.22. The Morgan fingerprint density at radius 3 is 1.06 bits per heavy atom. The highest BCUT2D eigenvalue weighted by Gasteiger charge is 2.10. The number of rotatable bonds is 16. The van der Waals surface area contributed by atoms with Crippen LogP contribution in [0.15, 0.2) is 48.5 Å². The second-order valence-corrected chi connectivity index (χ2v) is 9.22. The summed E-state index contributed by atoms with van der Waals surface area (Å²) in [4.78, 5) is 5.98. The van der Waals surface area contributed by atoms with Gasteiger partial charge in [-0.3, -0.25) is 0 Å². The van der Waals surface area contributed by atoms with Crippen LogP contribution < -0.4 is 9.80 Å². The van der Waals surface area contributed by atoms with Gasteiger partial charge >= 0.3 is 0 Å². The van der Waals surface area contributed by atoms with Gasteiger partial charge in [0, 0.05) is 37.6 Å². The normalized spacial score (nSPS) is 10.9. The predicted molar refractivity (Wildman–Crippen MR) is 148 cm³/mol. The summed E-state index contributed by atoms with van der Waals surface area (Å²) in [7, 11) is 0. The van der Waals surface area contributed by atoms with Gasteiger partial charge in [-0.2, -0.15) is 0 Å². The average Bonchev–Trinajstić information content (AvgIpc) is 2.84. The lowest BCUT2D eigenvalue weighted by Crippen LogP contribution is -2.25. The molecular weight excluding hydrogens is 408 g/mol. The summed E-state index contributed by atoms with van der Waals surface area (Å²) in [5.74, 6) is 0. The zero-order chi connectivity index (χ0) is 23.2. The molecule has 0 aliphatic rings. The van der Waals surface area contributed by atoms with Gasteiger partial charge in [0.15, 0.2) is 0 Å². The third-order valence-electron chi connectivity index (χ3n) is 6.12. The lowest BCUT2D eigenvalue weighted by atomic mass is 10.0. The van der Waals surface area contributed by atoms with Crippen molar-refractivity contribution in [1.82, 2.24) is 0 Å². The van der Waals surface area contributed by atoms with E-state index in [9.17, 15) is 0 Å². The number of anilines is 2. The van der Waals surface area contributed by atoms with Crippen molar-refractivity contribution < 1.29 is 0 Å². The predicted octanol–water partition coefficient (Wildman–Crippen LogP) is 8.27. The molecule has 2 nitrogen and oxygen atoms in total. The molecule has 0 N–H and O–H groups in total. The van der Waals surface area contributed by atoms with Crippen molar-refractivity contribution in [1.29, 1.82) is 0 Å². The van der Waals surface area contributed by atoms with Crippen LogP contribution in [0.4, 0.5) is 11.4 Å². The Morgan fingerprint density at radius 1 is 0.531 bits per heavy atom. The molecule has 0 fully saturated rings. The topological polar surface area (TPSA) is 6.48 Å². The highest BCUT2D eigenvalue weighted by molar-refractivity contribution is 7.81. The van der Waals surface area contributed by atoms with Crippen LogP contribution in [-0.4, -0.2) is 31.0 Å². The van der Waals surface area contributed by atoms with E-state index < -0.39 is 0 Å². The van der Waals surface area contributed by atoms with Gasteiger partial charge in [0.05, 0.1) is 4.86 Å². The van der Waals surface area contributed by atoms with Crippen LogP contribution in [0.25, 0.3) is 0 Å². The molecule has 0 saturated carbocycles. The molecule has 2 aromatic carbocycles. The van der Waals surface area contributed by atoms with Crippen molar-refractivity contribution in [2.24, 2.45) is 0 Å². The van der Waals surface area contributed by atoms with E-state index in [0.29, 0.717) is 0 Å². The SMILES string of the molecule is CCCCN(CCCC)c1ccc(C(=S)c2ccc(N(CCCC)CCCC)cc2)cc1. The van der Waals surface area contributed by atoms with E-state index in [-0.39, 0.29) is 0 Å². The van der Waals surface area contributed by atoms with Gasteiger partial charge < -0.3 is 9.80 Å². The van der Waals surface area contributed by atoms with Gasteiger partial charge in [-0.15, -0.1) is 0 Å². The number of hydrogen-bond acceptors (Lipinski definition) is 3. The van der Waals surface area contributed by atoms with Gasteiger partial charge in [-0.25, -0.2) is 0 Å². The van der Waals surface area contributed by atoms with Crippen LogP contribution in [0.2, 0.25) is 0 Å². The Bertz CT molecular complexity index is 685. The first-order valence-corrected chi connectivity index (χ1v) is 13.3. The summed E-state index contributed by atoms with van der Waals surface area (Å²) in [6.45, 7) is 13.6. The Morgan fingerprint density at radius 2 is 0.812 bits per heavy atom. The van der Waals surface area contributed by atoms with Crippen LogP contribution in [0.5, 0.6) is 0 Å². The van der Waals surface area contributed by atoms with E-state index in [1.807, 2.05) is 0 Å². The van der Waals surface area contributed by atoms with Crippen molar-refractivity contribution in [2.75, 3.05) is 36.0 Å². The van der Waals surface area contributed by atoms with E-state index >= 15 is 0 Å². The molecule has 0 radical (unpaired) electrons. The number of nitrogens with zero attached hydrogens (tertiary/aromatic N) is 2. The Kier molecular flexibility index (Phi) is 12.4. The Balaban J connectivity index is 2.09. The summed E-state index contributed by atoms with van der Waals surface area (Å²) >= 11 is 5.86. The molecule has 0 aromatic heterocycles. The summed E-state index contributed by atoms with van der Waals surface area (Å²) in [5, 5.41) is 0. The smallest absolute Gasteiger partial charge is 0.0521 e. The van der Waals surface area contributed by atoms with Crippen molar-refractivity contribution in [2.45, 2.75) is 79.1 Å². The Labute approximate surface area is 203 Å². The first-order chi connectivity index (χ1) is 15.6. The molecule has 0 amide bonds. The lowest BCUT2D eigenvalue weighted by molar-refractivity contribution is 0.678.